The van der Waals surface area contributed by atoms with Crippen LogP contribution in [-0.4, -0.2) is 36.8 Å². The van der Waals surface area contributed by atoms with E-state index in [0.29, 0.717) is 43.5 Å². The van der Waals surface area contributed by atoms with Gasteiger partial charge in [-0.2, -0.15) is 0 Å². The highest BCUT2D eigenvalue weighted by Crippen LogP contribution is 2.25. The van der Waals surface area contributed by atoms with Gasteiger partial charge in [0.25, 0.3) is 0 Å². The first-order chi connectivity index (χ1) is 9.89. The Morgan fingerprint density at radius 1 is 1.48 bits per heavy atom. The third kappa shape index (κ3) is 4.38. The summed E-state index contributed by atoms with van der Waals surface area (Å²) in [4.78, 5) is 6.22. The molecule has 1 aromatic heterocycles. The molecule has 2 rings (SSSR count). The molecule has 2 heterocycles. The summed E-state index contributed by atoms with van der Waals surface area (Å²) in [6, 6.07) is 1.75. The van der Waals surface area contributed by atoms with Crippen LogP contribution in [-0.2, 0) is 11.3 Å². The number of pyridine rings is 1. The molecule has 1 saturated heterocycles. The highest BCUT2D eigenvalue weighted by Gasteiger charge is 2.29. The molecule has 0 spiro atoms. The molecule has 0 atom stereocenters. The maximum Gasteiger partial charge on any atom is 0.170 e. The molecule has 118 valence electrons. The summed E-state index contributed by atoms with van der Waals surface area (Å²) >= 11 is 0. The van der Waals surface area contributed by atoms with Crippen LogP contribution in [0.2, 0.25) is 0 Å². The molecule has 0 bridgehead atoms. The molecule has 21 heavy (non-hydrogen) atoms. The number of rotatable bonds is 5. The Hall–Kier alpha value is -1.20. The third-order valence-corrected chi connectivity index (χ3v) is 3.54. The van der Waals surface area contributed by atoms with E-state index in [1.54, 1.807) is 12.3 Å². The van der Waals surface area contributed by atoms with Crippen LogP contribution in [0.3, 0.4) is 0 Å². The summed E-state index contributed by atoms with van der Waals surface area (Å²) in [7, 11) is 0. The molecule has 5 heteroatoms. The van der Waals surface area contributed by atoms with Crippen molar-refractivity contribution in [2.75, 3.05) is 31.1 Å². The van der Waals surface area contributed by atoms with Gasteiger partial charge in [-0.15, -0.1) is 0 Å². The van der Waals surface area contributed by atoms with E-state index in [2.05, 4.69) is 24.1 Å². The zero-order valence-corrected chi connectivity index (χ0v) is 13.4. The zero-order chi connectivity index (χ0) is 15.5. The Kier molecular flexibility index (Phi) is 5.17. The number of hydrogen-bond acceptors (Lipinski definition) is 4. The van der Waals surface area contributed by atoms with Gasteiger partial charge < -0.3 is 15.0 Å². The van der Waals surface area contributed by atoms with Crippen LogP contribution in [0, 0.1) is 11.7 Å². The lowest BCUT2D eigenvalue weighted by molar-refractivity contribution is -0.0280. The smallest absolute Gasteiger partial charge is 0.170 e. The molecule has 1 aliphatic rings. The Bertz CT molecular complexity index is 477. The van der Waals surface area contributed by atoms with Crippen molar-refractivity contribution in [1.29, 1.82) is 0 Å². The number of halogens is 1. The summed E-state index contributed by atoms with van der Waals surface area (Å²) in [5.74, 6) is 0.774. The topological polar surface area (TPSA) is 37.4 Å². The van der Waals surface area contributed by atoms with Crippen LogP contribution < -0.4 is 10.2 Å². The SMILES string of the molecule is CC(C)CNCc1ccnc(N2CCOC(C)(C)C2)c1F. The molecule has 1 aliphatic heterocycles. The lowest BCUT2D eigenvalue weighted by Gasteiger charge is -2.39. The molecule has 0 aliphatic carbocycles. The molecule has 0 aromatic carbocycles. The van der Waals surface area contributed by atoms with Gasteiger partial charge in [0.05, 0.1) is 12.2 Å². The average molecular weight is 295 g/mol. The molecule has 0 saturated carbocycles. The normalized spacial score (nSPS) is 18.3. The van der Waals surface area contributed by atoms with Crippen molar-refractivity contribution in [2.45, 2.75) is 39.8 Å². The van der Waals surface area contributed by atoms with Crippen molar-refractivity contribution in [2.24, 2.45) is 5.92 Å². The molecule has 1 aromatic rings. The molecule has 0 radical (unpaired) electrons. The minimum Gasteiger partial charge on any atom is -0.372 e. The van der Waals surface area contributed by atoms with E-state index in [9.17, 15) is 4.39 Å². The first kappa shape index (κ1) is 16.2. The number of nitrogens with zero attached hydrogens (tertiary/aromatic N) is 2. The fourth-order valence-corrected chi connectivity index (χ4v) is 2.52. The van der Waals surface area contributed by atoms with Crippen LogP contribution in [0.4, 0.5) is 10.2 Å². The Balaban J connectivity index is 2.10. The number of anilines is 1. The predicted octanol–water partition coefficient (Wildman–Crippen LogP) is 2.58. The van der Waals surface area contributed by atoms with Gasteiger partial charge in [-0.1, -0.05) is 13.8 Å². The van der Waals surface area contributed by atoms with Crippen molar-refractivity contribution in [3.05, 3.63) is 23.6 Å². The minimum absolute atomic E-state index is 0.216. The maximum atomic E-state index is 14.6. The molecule has 0 unspecified atom stereocenters. The van der Waals surface area contributed by atoms with Crippen molar-refractivity contribution >= 4 is 5.82 Å². The number of aromatic nitrogens is 1. The van der Waals surface area contributed by atoms with Gasteiger partial charge in [-0.25, -0.2) is 9.37 Å². The highest BCUT2D eigenvalue weighted by molar-refractivity contribution is 5.44. The van der Waals surface area contributed by atoms with Crippen LogP contribution in [0.5, 0.6) is 0 Å². The number of hydrogen-bond donors (Lipinski definition) is 1. The Labute approximate surface area is 126 Å². The van der Waals surface area contributed by atoms with E-state index < -0.39 is 0 Å². The fourth-order valence-electron chi connectivity index (χ4n) is 2.52. The first-order valence-corrected chi connectivity index (χ1v) is 7.62. The van der Waals surface area contributed by atoms with E-state index in [1.165, 1.54) is 0 Å². The lowest BCUT2D eigenvalue weighted by Crippen LogP contribution is -2.49. The second kappa shape index (κ2) is 6.71. The molecule has 1 N–H and O–H groups in total. The monoisotopic (exact) mass is 295 g/mol. The second-order valence-electron chi connectivity index (χ2n) is 6.66. The number of ether oxygens (including phenoxy) is 1. The highest BCUT2D eigenvalue weighted by atomic mass is 19.1. The fraction of sp³-hybridized carbons (Fsp3) is 0.688. The maximum absolute atomic E-state index is 14.6. The van der Waals surface area contributed by atoms with Gasteiger partial charge >= 0.3 is 0 Å². The van der Waals surface area contributed by atoms with Gasteiger partial charge in [-0.3, -0.25) is 0 Å². The van der Waals surface area contributed by atoms with E-state index in [0.717, 1.165) is 6.54 Å². The van der Waals surface area contributed by atoms with Crippen LogP contribution in [0.1, 0.15) is 33.3 Å². The lowest BCUT2D eigenvalue weighted by atomic mass is 10.1. The van der Waals surface area contributed by atoms with E-state index in [4.69, 9.17) is 4.74 Å². The van der Waals surface area contributed by atoms with Gasteiger partial charge in [0, 0.05) is 31.4 Å². The quantitative estimate of drug-likeness (QED) is 0.906. The van der Waals surface area contributed by atoms with Crippen LogP contribution in [0.25, 0.3) is 0 Å². The van der Waals surface area contributed by atoms with Crippen molar-refractivity contribution in [3.8, 4) is 0 Å². The average Bonchev–Trinajstić information content (AvgIpc) is 2.39. The van der Waals surface area contributed by atoms with E-state index in [-0.39, 0.29) is 11.4 Å². The summed E-state index contributed by atoms with van der Waals surface area (Å²) in [6.07, 6.45) is 1.69. The summed E-state index contributed by atoms with van der Waals surface area (Å²) in [6.45, 7) is 11.7. The standard InChI is InChI=1S/C16H26FN3O/c1-12(2)9-18-10-13-5-6-19-15(14(13)17)20-7-8-21-16(3,4)11-20/h5-6,12,18H,7-11H2,1-4H3. The molecular formula is C16H26FN3O. The number of morpholine rings is 1. The van der Waals surface area contributed by atoms with Gasteiger partial charge in [0.15, 0.2) is 11.6 Å². The molecule has 1 fully saturated rings. The first-order valence-electron chi connectivity index (χ1n) is 7.62. The van der Waals surface area contributed by atoms with Crippen LogP contribution in [0.15, 0.2) is 12.3 Å². The van der Waals surface area contributed by atoms with Crippen molar-refractivity contribution in [1.82, 2.24) is 10.3 Å². The number of nitrogens with one attached hydrogen (secondary N) is 1. The minimum atomic E-state index is -0.266. The van der Waals surface area contributed by atoms with E-state index >= 15 is 0 Å². The second-order valence-corrected chi connectivity index (χ2v) is 6.66. The van der Waals surface area contributed by atoms with E-state index in [1.807, 2.05) is 18.7 Å². The Morgan fingerprint density at radius 3 is 2.90 bits per heavy atom. The summed E-state index contributed by atoms with van der Waals surface area (Å²) < 4.78 is 20.3. The van der Waals surface area contributed by atoms with Gasteiger partial charge in [0.1, 0.15) is 0 Å². The third-order valence-electron chi connectivity index (χ3n) is 3.54. The predicted molar refractivity (Wildman–Crippen MR) is 83.0 cm³/mol. The molecule has 0 amide bonds. The summed E-state index contributed by atoms with van der Waals surface area (Å²) in [5.41, 5.74) is 0.406. The molecule has 4 nitrogen and oxygen atoms in total. The Morgan fingerprint density at radius 2 is 2.24 bits per heavy atom. The van der Waals surface area contributed by atoms with Crippen LogP contribution >= 0.6 is 0 Å². The van der Waals surface area contributed by atoms with Crippen molar-refractivity contribution < 1.29 is 9.13 Å². The summed E-state index contributed by atoms with van der Waals surface area (Å²) in [5, 5.41) is 3.28. The van der Waals surface area contributed by atoms with Crippen molar-refractivity contribution in [3.63, 3.8) is 0 Å². The van der Waals surface area contributed by atoms with Gasteiger partial charge in [0.2, 0.25) is 0 Å². The van der Waals surface area contributed by atoms with Gasteiger partial charge in [-0.05, 0) is 32.4 Å². The largest absolute Gasteiger partial charge is 0.372 e. The zero-order valence-electron chi connectivity index (χ0n) is 13.4. The molecular weight excluding hydrogens is 269 g/mol.